The van der Waals surface area contributed by atoms with Gasteiger partial charge in [0.05, 0.1) is 24.8 Å². The van der Waals surface area contributed by atoms with Gasteiger partial charge in [-0.2, -0.15) is 0 Å². The van der Waals surface area contributed by atoms with E-state index < -0.39 is 17.7 Å². The van der Waals surface area contributed by atoms with Crippen LogP contribution in [0, 0.1) is 0 Å². The Kier molecular flexibility index (Phi) is 7.71. The van der Waals surface area contributed by atoms with Gasteiger partial charge >= 0.3 is 0 Å². The van der Waals surface area contributed by atoms with Crippen molar-refractivity contribution >= 4 is 29.1 Å². The third-order valence-electron chi connectivity index (χ3n) is 5.11. The van der Waals surface area contributed by atoms with Crippen LogP contribution in [-0.2, 0) is 14.3 Å². The molecule has 6 nitrogen and oxygen atoms in total. The van der Waals surface area contributed by atoms with Crippen molar-refractivity contribution in [1.29, 1.82) is 0 Å². The number of ketones is 1. The van der Waals surface area contributed by atoms with E-state index in [-0.39, 0.29) is 24.5 Å². The lowest BCUT2D eigenvalue weighted by Gasteiger charge is -2.25. The van der Waals surface area contributed by atoms with E-state index in [0.717, 1.165) is 12.8 Å². The van der Waals surface area contributed by atoms with Crippen LogP contribution in [0.5, 0.6) is 5.75 Å². The van der Waals surface area contributed by atoms with Crippen molar-refractivity contribution < 1.29 is 24.2 Å². The van der Waals surface area contributed by atoms with E-state index in [9.17, 15) is 14.7 Å². The van der Waals surface area contributed by atoms with Crippen LogP contribution in [0.4, 0.5) is 0 Å². The van der Waals surface area contributed by atoms with Crippen LogP contribution in [0.1, 0.15) is 36.9 Å². The Morgan fingerprint density at radius 1 is 1.13 bits per heavy atom. The average molecular weight is 444 g/mol. The van der Waals surface area contributed by atoms with Crippen molar-refractivity contribution in [3.63, 3.8) is 0 Å². The number of carbonyl (C=O) groups is 2. The maximum Gasteiger partial charge on any atom is 0.295 e. The van der Waals surface area contributed by atoms with E-state index in [4.69, 9.17) is 21.1 Å². The van der Waals surface area contributed by atoms with Crippen molar-refractivity contribution in [3.8, 4) is 5.75 Å². The summed E-state index contributed by atoms with van der Waals surface area (Å²) in [4.78, 5) is 27.1. The standard InChI is InChI=1S/C24H26ClNO5/c1-3-4-12-31-19-10-6-8-17(15-19)22(27)20-21(16-7-5-9-18(25)14-16)26(11-13-30-2)24(29)23(20)28/h5-10,14-15,21,27H,3-4,11-13H2,1-2H3/b22-20+. The van der Waals surface area contributed by atoms with Crippen LogP contribution >= 0.6 is 11.6 Å². The van der Waals surface area contributed by atoms with Gasteiger partial charge in [0.25, 0.3) is 11.7 Å². The lowest BCUT2D eigenvalue weighted by molar-refractivity contribution is -0.140. The number of unbranched alkanes of at least 4 members (excludes halogenated alkanes) is 1. The summed E-state index contributed by atoms with van der Waals surface area (Å²) in [7, 11) is 1.52. The van der Waals surface area contributed by atoms with Crippen LogP contribution in [0.15, 0.2) is 54.1 Å². The summed E-state index contributed by atoms with van der Waals surface area (Å²) in [6, 6.07) is 13.0. The number of Topliss-reactive ketones (excluding diaryl/α,β-unsaturated/α-hetero) is 1. The lowest BCUT2D eigenvalue weighted by Crippen LogP contribution is -2.32. The molecule has 164 valence electrons. The third kappa shape index (κ3) is 5.09. The third-order valence-corrected chi connectivity index (χ3v) is 5.35. The molecule has 1 N–H and O–H groups in total. The SMILES string of the molecule is CCCCOc1cccc(/C(O)=C2\C(=O)C(=O)N(CCOC)C2c2cccc(Cl)c2)c1. The Bertz CT molecular complexity index is 987. The molecule has 1 fully saturated rings. The highest BCUT2D eigenvalue weighted by atomic mass is 35.5. The molecule has 1 saturated heterocycles. The number of amides is 1. The molecule has 0 aliphatic carbocycles. The van der Waals surface area contributed by atoms with Gasteiger partial charge in [0.15, 0.2) is 0 Å². The zero-order chi connectivity index (χ0) is 22.4. The van der Waals surface area contributed by atoms with Gasteiger partial charge in [-0.05, 0) is 36.2 Å². The Hall–Kier alpha value is -2.83. The zero-order valence-electron chi connectivity index (χ0n) is 17.6. The van der Waals surface area contributed by atoms with Gasteiger partial charge in [-0.1, -0.05) is 49.2 Å². The maximum absolute atomic E-state index is 12.9. The van der Waals surface area contributed by atoms with E-state index in [1.807, 2.05) is 0 Å². The molecular formula is C24H26ClNO5. The Labute approximate surface area is 187 Å². The Morgan fingerprint density at radius 2 is 1.90 bits per heavy atom. The first-order valence-electron chi connectivity index (χ1n) is 10.2. The Balaban J connectivity index is 2.07. The number of carbonyl (C=O) groups excluding carboxylic acids is 2. The number of nitrogens with zero attached hydrogens (tertiary/aromatic N) is 1. The zero-order valence-corrected chi connectivity index (χ0v) is 18.4. The molecule has 0 saturated carbocycles. The molecule has 1 heterocycles. The molecule has 0 radical (unpaired) electrons. The fraction of sp³-hybridized carbons (Fsp3) is 0.333. The molecular weight excluding hydrogens is 418 g/mol. The van der Waals surface area contributed by atoms with Crippen LogP contribution in [0.25, 0.3) is 5.76 Å². The van der Waals surface area contributed by atoms with E-state index >= 15 is 0 Å². The van der Waals surface area contributed by atoms with Gasteiger partial charge in [0.1, 0.15) is 11.5 Å². The molecule has 2 aromatic rings. The molecule has 0 spiro atoms. The number of hydrogen-bond donors (Lipinski definition) is 1. The first-order valence-corrected chi connectivity index (χ1v) is 10.6. The summed E-state index contributed by atoms with van der Waals surface area (Å²) in [6.45, 7) is 3.09. The smallest absolute Gasteiger partial charge is 0.295 e. The minimum absolute atomic E-state index is 0.0223. The number of aliphatic hydroxyl groups excluding tert-OH is 1. The fourth-order valence-electron chi connectivity index (χ4n) is 3.55. The second-order valence-corrected chi connectivity index (χ2v) is 7.71. The van der Waals surface area contributed by atoms with Gasteiger partial charge in [0, 0.05) is 24.2 Å². The van der Waals surface area contributed by atoms with Crippen LogP contribution < -0.4 is 4.74 Å². The molecule has 31 heavy (non-hydrogen) atoms. The summed E-state index contributed by atoms with van der Waals surface area (Å²) in [5.41, 5.74) is 1.07. The average Bonchev–Trinajstić information content (AvgIpc) is 3.02. The number of hydrogen-bond acceptors (Lipinski definition) is 5. The van der Waals surface area contributed by atoms with E-state index in [1.54, 1.807) is 48.5 Å². The van der Waals surface area contributed by atoms with Crippen molar-refractivity contribution in [3.05, 3.63) is 70.3 Å². The summed E-state index contributed by atoms with van der Waals surface area (Å²) in [5, 5.41) is 11.6. The molecule has 1 amide bonds. The summed E-state index contributed by atoms with van der Waals surface area (Å²) in [5.74, 6) is -1.08. The number of benzene rings is 2. The van der Waals surface area contributed by atoms with Crippen LogP contribution in [0.3, 0.4) is 0 Å². The molecule has 0 bridgehead atoms. The normalized spacial score (nSPS) is 17.9. The van der Waals surface area contributed by atoms with Gasteiger partial charge in [0.2, 0.25) is 0 Å². The van der Waals surface area contributed by atoms with Gasteiger partial charge in [-0.15, -0.1) is 0 Å². The highest BCUT2D eigenvalue weighted by Crippen LogP contribution is 2.40. The van der Waals surface area contributed by atoms with Gasteiger partial charge < -0.3 is 19.5 Å². The predicted octanol–water partition coefficient (Wildman–Crippen LogP) is 4.59. The number of ether oxygens (including phenoxy) is 2. The number of methoxy groups -OCH3 is 1. The minimum atomic E-state index is -0.765. The summed E-state index contributed by atoms with van der Waals surface area (Å²) < 4.78 is 10.8. The highest BCUT2D eigenvalue weighted by molar-refractivity contribution is 6.46. The van der Waals surface area contributed by atoms with Crippen molar-refractivity contribution in [2.24, 2.45) is 0 Å². The van der Waals surface area contributed by atoms with Gasteiger partial charge in [-0.3, -0.25) is 9.59 Å². The van der Waals surface area contributed by atoms with Crippen molar-refractivity contribution in [1.82, 2.24) is 4.90 Å². The number of aliphatic hydroxyl groups is 1. The van der Waals surface area contributed by atoms with E-state index in [2.05, 4.69) is 6.92 Å². The fourth-order valence-corrected chi connectivity index (χ4v) is 3.75. The predicted molar refractivity (Wildman–Crippen MR) is 119 cm³/mol. The molecule has 1 aliphatic rings. The molecule has 2 aromatic carbocycles. The largest absolute Gasteiger partial charge is 0.507 e. The van der Waals surface area contributed by atoms with Gasteiger partial charge in [-0.25, -0.2) is 0 Å². The molecule has 0 aromatic heterocycles. The topological polar surface area (TPSA) is 76.1 Å². The Morgan fingerprint density at radius 3 is 2.61 bits per heavy atom. The molecule has 1 atom stereocenters. The maximum atomic E-state index is 12.9. The van der Waals surface area contributed by atoms with Crippen LogP contribution in [-0.4, -0.2) is 48.6 Å². The second-order valence-electron chi connectivity index (χ2n) is 7.27. The quantitative estimate of drug-likeness (QED) is 0.265. The van der Waals surface area contributed by atoms with Crippen molar-refractivity contribution in [2.45, 2.75) is 25.8 Å². The minimum Gasteiger partial charge on any atom is -0.507 e. The van der Waals surface area contributed by atoms with E-state index in [0.29, 0.717) is 28.5 Å². The number of rotatable bonds is 9. The first kappa shape index (κ1) is 22.8. The highest BCUT2D eigenvalue weighted by Gasteiger charge is 2.45. The molecule has 1 unspecified atom stereocenters. The molecule has 7 heteroatoms. The number of likely N-dealkylation sites (tertiary alicyclic amines) is 1. The summed E-state index contributed by atoms with van der Waals surface area (Å²) >= 11 is 6.17. The summed E-state index contributed by atoms with van der Waals surface area (Å²) in [6.07, 6.45) is 1.92. The van der Waals surface area contributed by atoms with Crippen LogP contribution in [0.2, 0.25) is 5.02 Å². The van der Waals surface area contributed by atoms with Crippen molar-refractivity contribution in [2.75, 3.05) is 26.9 Å². The van der Waals surface area contributed by atoms with E-state index in [1.165, 1.54) is 12.0 Å². The first-order chi connectivity index (χ1) is 15.0. The lowest BCUT2D eigenvalue weighted by atomic mass is 9.95. The molecule has 1 aliphatic heterocycles. The molecule has 3 rings (SSSR count). The monoisotopic (exact) mass is 443 g/mol. The number of halogens is 1. The second kappa shape index (κ2) is 10.5.